The molecule has 0 aliphatic rings. The lowest BCUT2D eigenvalue weighted by Crippen LogP contribution is -2.29. The smallest absolute Gasteiger partial charge is 0.266 e. The summed E-state index contributed by atoms with van der Waals surface area (Å²) < 4.78 is 6.66. The van der Waals surface area contributed by atoms with Gasteiger partial charge in [0.05, 0.1) is 6.04 Å². The minimum Gasteiger partial charge on any atom is -0.350 e. The first-order valence-electron chi connectivity index (χ1n) is 9.79. The molecule has 1 unspecified atom stereocenters. The number of carbonyl (C=O) groups is 1. The summed E-state index contributed by atoms with van der Waals surface area (Å²) in [4.78, 5) is 29.6. The lowest BCUT2D eigenvalue weighted by molar-refractivity contribution is -0.121. The minimum atomic E-state index is -0.277. The highest BCUT2D eigenvalue weighted by molar-refractivity contribution is 5.88. The van der Waals surface area contributed by atoms with Gasteiger partial charge in [-0.2, -0.15) is 0 Å². The van der Waals surface area contributed by atoms with Crippen molar-refractivity contribution in [1.29, 1.82) is 0 Å². The summed E-state index contributed by atoms with van der Waals surface area (Å²) in [5.74, 6) is -0.137. The van der Waals surface area contributed by atoms with Crippen molar-refractivity contribution in [2.24, 2.45) is 0 Å². The van der Waals surface area contributed by atoms with Gasteiger partial charge in [-0.15, -0.1) is 0 Å². The number of nitrogens with one attached hydrogen (secondary N) is 1. The maximum Gasteiger partial charge on any atom is 0.266 e. The number of benzene rings is 2. The highest BCUT2D eigenvalue weighted by Gasteiger charge is 2.17. The van der Waals surface area contributed by atoms with E-state index in [1.54, 1.807) is 0 Å². The second-order valence-electron chi connectivity index (χ2n) is 7.27. The van der Waals surface area contributed by atoms with Crippen molar-refractivity contribution in [2.75, 3.05) is 0 Å². The van der Waals surface area contributed by atoms with Crippen LogP contribution in [0.3, 0.4) is 0 Å². The fourth-order valence-corrected chi connectivity index (χ4v) is 3.31. The predicted molar refractivity (Wildman–Crippen MR) is 114 cm³/mol. The molecule has 4 rings (SSSR count). The summed E-state index contributed by atoms with van der Waals surface area (Å²) in [5, 5.41) is 7.31. The van der Waals surface area contributed by atoms with Crippen molar-refractivity contribution in [3.05, 3.63) is 82.4 Å². The molecule has 1 amide bonds. The standard InChI is InChI=1S/C23H22N4O3/c1-15-8-10-18(11-9-15)21-20-22(30-26-21)24-14-27(23(20)29)13-12-19(28)25-16(2)17-6-4-3-5-7-17/h3-11,14,16H,12-13H2,1-2H3,(H,25,28). The number of nitrogens with zero attached hydrogens (tertiary/aromatic N) is 3. The molecule has 0 bridgehead atoms. The average Bonchev–Trinajstić information content (AvgIpc) is 3.19. The molecule has 0 aliphatic carbocycles. The van der Waals surface area contributed by atoms with Crippen molar-refractivity contribution in [1.82, 2.24) is 20.0 Å². The zero-order valence-corrected chi connectivity index (χ0v) is 16.8. The summed E-state index contributed by atoms with van der Waals surface area (Å²) in [6.45, 7) is 4.13. The molecule has 1 N–H and O–H groups in total. The van der Waals surface area contributed by atoms with E-state index in [0.717, 1.165) is 16.7 Å². The second-order valence-corrected chi connectivity index (χ2v) is 7.27. The number of aromatic nitrogens is 3. The van der Waals surface area contributed by atoms with E-state index in [4.69, 9.17) is 4.52 Å². The molecule has 30 heavy (non-hydrogen) atoms. The molecule has 4 aromatic rings. The van der Waals surface area contributed by atoms with Gasteiger partial charge in [0.15, 0.2) is 0 Å². The summed E-state index contributed by atoms with van der Waals surface area (Å²) in [5.41, 5.74) is 3.29. The zero-order valence-electron chi connectivity index (χ0n) is 16.8. The Morgan fingerprint density at radius 1 is 1.13 bits per heavy atom. The molecule has 1 atom stereocenters. The summed E-state index contributed by atoms with van der Waals surface area (Å²) in [6, 6.07) is 17.3. The first kappa shape index (κ1) is 19.6. The van der Waals surface area contributed by atoms with Crippen molar-refractivity contribution in [3.63, 3.8) is 0 Å². The van der Waals surface area contributed by atoms with E-state index in [0.29, 0.717) is 11.1 Å². The van der Waals surface area contributed by atoms with Gasteiger partial charge < -0.3 is 9.84 Å². The molecule has 2 aromatic carbocycles. The van der Waals surface area contributed by atoms with Crippen LogP contribution in [0.1, 0.15) is 30.5 Å². The number of fused-ring (bicyclic) bond motifs is 1. The van der Waals surface area contributed by atoms with Crippen LogP contribution >= 0.6 is 0 Å². The molecule has 152 valence electrons. The van der Waals surface area contributed by atoms with Crippen LogP contribution < -0.4 is 10.9 Å². The van der Waals surface area contributed by atoms with Crippen molar-refractivity contribution in [2.45, 2.75) is 32.9 Å². The van der Waals surface area contributed by atoms with Crippen LogP contribution in [0.2, 0.25) is 0 Å². The van der Waals surface area contributed by atoms with E-state index in [1.165, 1.54) is 10.9 Å². The Morgan fingerprint density at radius 2 is 1.87 bits per heavy atom. The Morgan fingerprint density at radius 3 is 2.60 bits per heavy atom. The molecule has 0 saturated heterocycles. The largest absolute Gasteiger partial charge is 0.350 e. The predicted octanol–water partition coefficient (Wildman–Crippen LogP) is 3.63. The molecule has 2 heterocycles. The van der Waals surface area contributed by atoms with Gasteiger partial charge >= 0.3 is 0 Å². The first-order chi connectivity index (χ1) is 14.5. The Kier molecular flexibility index (Phi) is 5.43. The molecule has 0 aliphatic heterocycles. The van der Waals surface area contributed by atoms with Crippen molar-refractivity contribution in [3.8, 4) is 11.3 Å². The van der Waals surface area contributed by atoms with E-state index in [2.05, 4.69) is 15.5 Å². The lowest BCUT2D eigenvalue weighted by Gasteiger charge is -2.14. The maximum absolute atomic E-state index is 13.0. The van der Waals surface area contributed by atoms with Crippen molar-refractivity contribution < 1.29 is 9.32 Å². The monoisotopic (exact) mass is 402 g/mol. The normalized spacial score (nSPS) is 12.1. The van der Waals surface area contributed by atoms with Crippen LogP contribution in [0.5, 0.6) is 0 Å². The lowest BCUT2D eigenvalue weighted by atomic mass is 10.1. The zero-order chi connectivity index (χ0) is 21.1. The van der Waals surface area contributed by atoms with E-state index < -0.39 is 0 Å². The number of rotatable bonds is 6. The van der Waals surface area contributed by atoms with Gasteiger partial charge in [-0.25, -0.2) is 4.98 Å². The molecule has 0 radical (unpaired) electrons. The Bertz CT molecular complexity index is 1230. The van der Waals surface area contributed by atoms with E-state index in [-0.39, 0.29) is 36.2 Å². The fraction of sp³-hybridized carbons (Fsp3) is 0.217. The van der Waals surface area contributed by atoms with Gasteiger partial charge in [0, 0.05) is 18.5 Å². The van der Waals surface area contributed by atoms with Gasteiger partial charge in [0.2, 0.25) is 5.91 Å². The molecule has 0 fully saturated rings. The fourth-order valence-electron chi connectivity index (χ4n) is 3.31. The van der Waals surface area contributed by atoms with Gasteiger partial charge in [0.1, 0.15) is 17.4 Å². The first-order valence-corrected chi connectivity index (χ1v) is 9.79. The topological polar surface area (TPSA) is 90.0 Å². The van der Waals surface area contributed by atoms with Gasteiger partial charge in [-0.1, -0.05) is 65.3 Å². The molecule has 7 nitrogen and oxygen atoms in total. The van der Waals surface area contributed by atoms with Crippen LogP contribution in [0.15, 0.2) is 70.2 Å². The Balaban J connectivity index is 1.51. The number of hydrogen-bond donors (Lipinski definition) is 1. The highest BCUT2D eigenvalue weighted by Crippen LogP contribution is 2.24. The van der Waals surface area contributed by atoms with E-state index in [1.807, 2.05) is 68.4 Å². The number of carbonyl (C=O) groups excluding carboxylic acids is 1. The van der Waals surface area contributed by atoms with E-state index in [9.17, 15) is 9.59 Å². The molecular weight excluding hydrogens is 380 g/mol. The van der Waals surface area contributed by atoms with Crippen LogP contribution in [0.4, 0.5) is 0 Å². The third kappa shape index (κ3) is 4.00. The number of hydrogen-bond acceptors (Lipinski definition) is 5. The third-order valence-corrected chi connectivity index (χ3v) is 5.05. The second kappa shape index (κ2) is 8.32. The van der Waals surface area contributed by atoms with Gasteiger partial charge in [-0.3, -0.25) is 14.2 Å². The minimum absolute atomic E-state index is 0.109. The summed E-state index contributed by atoms with van der Waals surface area (Å²) in [6.07, 6.45) is 1.55. The Labute approximate surface area is 173 Å². The van der Waals surface area contributed by atoms with Crippen LogP contribution in [0.25, 0.3) is 22.4 Å². The molecule has 7 heteroatoms. The van der Waals surface area contributed by atoms with Crippen LogP contribution in [-0.4, -0.2) is 20.6 Å². The molecule has 0 saturated carbocycles. The number of amides is 1. The molecule has 2 aromatic heterocycles. The summed E-state index contributed by atoms with van der Waals surface area (Å²) >= 11 is 0. The highest BCUT2D eigenvalue weighted by atomic mass is 16.5. The third-order valence-electron chi connectivity index (χ3n) is 5.05. The Hall–Kier alpha value is -3.74. The SMILES string of the molecule is Cc1ccc(-c2noc3ncn(CCC(=O)NC(C)c4ccccc4)c(=O)c23)cc1. The van der Waals surface area contributed by atoms with Crippen molar-refractivity contribution >= 4 is 17.0 Å². The van der Waals surface area contributed by atoms with Gasteiger partial charge in [-0.05, 0) is 19.4 Å². The average molecular weight is 402 g/mol. The maximum atomic E-state index is 13.0. The van der Waals surface area contributed by atoms with Crippen LogP contribution in [-0.2, 0) is 11.3 Å². The van der Waals surface area contributed by atoms with Gasteiger partial charge in [0.25, 0.3) is 11.3 Å². The number of aryl methyl sites for hydroxylation is 2. The molecular formula is C23H22N4O3. The summed E-state index contributed by atoms with van der Waals surface area (Å²) in [7, 11) is 0. The van der Waals surface area contributed by atoms with Crippen LogP contribution in [0, 0.1) is 6.92 Å². The molecule has 0 spiro atoms. The quantitative estimate of drug-likeness (QED) is 0.532. The van der Waals surface area contributed by atoms with E-state index >= 15 is 0 Å².